The fourth-order valence-electron chi connectivity index (χ4n) is 4.30. The molecule has 12 heteroatoms. The van der Waals surface area contributed by atoms with Crippen LogP contribution in [0.25, 0.3) is 11.0 Å². The van der Waals surface area contributed by atoms with Gasteiger partial charge in [-0.2, -0.15) is 15.4 Å². The first kappa shape index (κ1) is 24.8. The molecule has 2 atom stereocenters. The first-order chi connectivity index (χ1) is 18.4. The van der Waals surface area contributed by atoms with E-state index in [-0.39, 0.29) is 34.9 Å². The van der Waals surface area contributed by atoms with E-state index in [0.717, 1.165) is 0 Å². The number of amides is 2. The van der Waals surface area contributed by atoms with Gasteiger partial charge in [0.1, 0.15) is 22.3 Å². The van der Waals surface area contributed by atoms with Gasteiger partial charge in [0.25, 0.3) is 11.8 Å². The number of aromatic amines is 1. The van der Waals surface area contributed by atoms with Crippen LogP contribution in [0.3, 0.4) is 0 Å². The number of ether oxygens (including phenoxy) is 1. The van der Waals surface area contributed by atoms with Gasteiger partial charge < -0.3 is 25.8 Å². The number of phenols is 1. The summed E-state index contributed by atoms with van der Waals surface area (Å²) in [5.74, 6) is -3.12. The highest BCUT2D eigenvalue weighted by Crippen LogP contribution is 2.30. The van der Waals surface area contributed by atoms with Gasteiger partial charge in [0.15, 0.2) is 17.3 Å². The van der Waals surface area contributed by atoms with Crippen LogP contribution in [0.4, 0.5) is 4.39 Å². The Balaban J connectivity index is 1.24. The normalized spacial score (nSPS) is 16.8. The van der Waals surface area contributed by atoms with E-state index in [1.807, 2.05) is 0 Å². The number of nitrogens with zero attached hydrogens (tertiary/aromatic N) is 2. The Morgan fingerprint density at radius 3 is 2.18 bits per heavy atom. The van der Waals surface area contributed by atoms with Crippen molar-refractivity contribution in [1.82, 2.24) is 31.4 Å². The number of carbonyl (C=O) groups excluding carboxylic acids is 3. The molecule has 0 aliphatic carbocycles. The number of hydrogen-bond acceptors (Lipinski definition) is 8. The van der Waals surface area contributed by atoms with E-state index >= 15 is 0 Å². The summed E-state index contributed by atoms with van der Waals surface area (Å²) >= 11 is 0. The molecule has 5 rings (SSSR count). The van der Waals surface area contributed by atoms with Crippen molar-refractivity contribution in [1.29, 1.82) is 0 Å². The first-order valence-corrected chi connectivity index (χ1v) is 11.7. The van der Waals surface area contributed by atoms with E-state index in [0.29, 0.717) is 29.7 Å². The van der Waals surface area contributed by atoms with Crippen molar-refractivity contribution in [2.24, 2.45) is 0 Å². The summed E-state index contributed by atoms with van der Waals surface area (Å²) in [5.41, 5.74) is 1.47. The second-order valence-corrected chi connectivity index (χ2v) is 8.73. The molecule has 0 spiro atoms. The maximum Gasteiger partial charge on any atom is 0.251 e. The van der Waals surface area contributed by atoms with Crippen LogP contribution < -0.4 is 20.7 Å². The molecule has 0 saturated carbocycles. The average molecular weight is 519 g/mol. The molecule has 2 amide bonds. The number of H-pyrrole nitrogens is 1. The summed E-state index contributed by atoms with van der Waals surface area (Å²) in [4.78, 5) is 38.5. The zero-order valence-electron chi connectivity index (χ0n) is 20.1. The molecule has 1 saturated heterocycles. The number of hydrogen-bond donors (Lipinski definition) is 5. The van der Waals surface area contributed by atoms with Gasteiger partial charge in [-0.05, 0) is 42.5 Å². The van der Waals surface area contributed by atoms with Crippen LogP contribution in [0.2, 0.25) is 0 Å². The van der Waals surface area contributed by atoms with Gasteiger partial charge in [-0.15, -0.1) is 0 Å². The fourth-order valence-corrected chi connectivity index (χ4v) is 4.30. The van der Waals surface area contributed by atoms with E-state index in [9.17, 15) is 23.9 Å². The Kier molecular flexibility index (Phi) is 6.71. The molecule has 5 N–H and O–H groups in total. The van der Waals surface area contributed by atoms with Crippen molar-refractivity contribution in [2.75, 3.05) is 20.2 Å². The summed E-state index contributed by atoms with van der Waals surface area (Å²) in [6, 6.07) is 12.2. The molecule has 194 valence electrons. The molecule has 0 radical (unpaired) electrons. The van der Waals surface area contributed by atoms with E-state index in [4.69, 9.17) is 4.74 Å². The van der Waals surface area contributed by atoms with Crippen LogP contribution in [0, 0.1) is 5.82 Å². The Bertz CT molecular complexity index is 1540. The molecule has 1 aliphatic rings. The predicted octanol–water partition coefficient (Wildman–Crippen LogP) is 1.54. The number of aromatic hydroxyl groups is 1. The van der Waals surface area contributed by atoms with Crippen LogP contribution in [0.1, 0.15) is 36.6 Å². The van der Waals surface area contributed by atoms with E-state index in [1.54, 1.807) is 18.2 Å². The minimum Gasteiger partial charge on any atom is -0.507 e. The summed E-state index contributed by atoms with van der Waals surface area (Å²) in [6.07, 6.45) is 0. The number of rotatable bonds is 7. The van der Waals surface area contributed by atoms with E-state index < -0.39 is 28.8 Å². The number of nitrogens with one attached hydrogen (secondary N) is 4. The van der Waals surface area contributed by atoms with Crippen LogP contribution in [0.5, 0.6) is 11.5 Å². The number of phenolic OH excluding ortho intramolecular Hbond substituents is 1. The number of methoxy groups -OCH3 is 1. The molecule has 3 aromatic carbocycles. The zero-order valence-corrected chi connectivity index (χ0v) is 20.1. The van der Waals surface area contributed by atoms with Crippen LogP contribution in [0.15, 0.2) is 54.6 Å². The molecule has 0 unspecified atom stereocenters. The molecule has 1 aromatic heterocycles. The number of halogens is 1. The van der Waals surface area contributed by atoms with Crippen molar-refractivity contribution >= 4 is 28.6 Å². The van der Waals surface area contributed by atoms with E-state index in [1.165, 1.54) is 43.5 Å². The maximum atomic E-state index is 14.6. The second-order valence-electron chi connectivity index (χ2n) is 8.73. The molecule has 2 heterocycles. The summed E-state index contributed by atoms with van der Waals surface area (Å²) in [5, 5.41) is 29.5. The third kappa shape index (κ3) is 4.76. The lowest BCUT2D eigenvalue weighted by atomic mass is 10.00. The zero-order chi connectivity index (χ0) is 26.8. The Morgan fingerprint density at radius 1 is 0.895 bits per heavy atom. The summed E-state index contributed by atoms with van der Waals surface area (Å²) in [6.45, 7) is 0.913. The third-order valence-electron chi connectivity index (χ3n) is 6.37. The highest BCUT2D eigenvalue weighted by Gasteiger charge is 2.30. The SMILES string of the molecule is COc1ccc(O)c(C(=O)c2ccc(C(=O)N[C@@H]3CNC[C@H]3NC(=O)c3ccc4n[nH]nc4c3)cc2)c1F. The Hall–Kier alpha value is -4.84. The van der Waals surface area contributed by atoms with Crippen molar-refractivity contribution in [3.05, 3.63) is 82.7 Å². The van der Waals surface area contributed by atoms with Crippen molar-refractivity contribution < 1.29 is 28.6 Å². The van der Waals surface area contributed by atoms with Crippen molar-refractivity contribution in [3.63, 3.8) is 0 Å². The molecule has 38 heavy (non-hydrogen) atoms. The molecular weight excluding hydrogens is 495 g/mol. The van der Waals surface area contributed by atoms with Crippen LogP contribution in [-0.2, 0) is 0 Å². The monoisotopic (exact) mass is 518 g/mol. The number of fused-ring (bicyclic) bond motifs is 1. The van der Waals surface area contributed by atoms with Crippen LogP contribution >= 0.6 is 0 Å². The molecule has 11 nitrogen and oxygen atoms in total. The number of aromatic nitrogens is 3. The molecule has 1 aliphatic heterocycles. The van der Waals surface area contributed by atoms with Gasteiger partial charge in [-0.25, -0.2) is 4.39 Å². The summed E-state index contributed by atoms with van der Waals surface area (Å²) in [7, 11) is 1.25. The highest BCUT2D eigenvalue weighted by molar-refractivity contribution is 6.11. The van der Waals surface area contributed by atoms with Gasteiger partial charge in [-0.1, -0.05) is 12.1 Å². The minimum absolute atomic E-state index is 0.0840. The molecule has 0 bridgehead atoms. The smallest absolute Gasteiger partial charge is 0.251 e. The number of benzene rings is 3. The van der Waals surface area contributed by atoms with Gasteiger partial charge in [0, 0.05) is 29.8 Å². The third-order valence-corrected chi connectivity index (χ3v) is 6.37. The van der Waals surface area contributed by atoms with Gasteiger partial charge >= 0.3 is 0 Å². The fraction of sp³-hybridized carbons (Fsp3) is 0.192. The molecule has 4 aromatic rings. The van der Waals surface area contributed by atoms with Crippen LogP contribution in [-0.4, -0.2) is 70.4 Å². The standard InChI is InChI=1S/C26H23FN6O5/c1-38-21-9-8-20(34)22(23(21)27)24(35)13-2-4-14(5-3-13)25(36)29-18-11-28-12-19(18)30-26(37)15-6-7-16-17(10-15)32-33-31-16/h2-10,18-19,28,34H,11-12H2,1H3,(H,29,36)(H,30,37)(H,31,32,33)/t18-,19-/m1/s1. The predicted molar refractivity (Wildman–Crippen MR) is 134 cm³/mol. The molecular formula is C26H23FN6O5. The first-order valence-electron chi connectivity index (χ1n) is 11.7. The Morgan fingerprint density at radius 2 is 1.50 bits per heavy atom. The topological polar surface area (TPSA) is 158 Å². The number of carbonyl (C=O) groups is 3. The Labute approximate surface area is 215 Å². The highest BCUT2D eigenvalue weighted by atomic mass is 19.1. The molecule has 1 fully saturated rings. The van der Waals surface area contributed by atoms with Crippen molar-refractivity contribution in [3.8, 4) is 11.5 Å². The van der Waals surface area contributed by atoms with Gasteiger partial charge in [0.2, 0.25) is 0 Å². The minimum atomic E-state index is -0.970. The maximum absolute atomic E-state index is 14.6. The van der Waals surface area contributed by atoms with Gasteiger partial charge in [-0.3, -0.25) is 14.4 Å². The lowest BCUT2D eigenvalue weighted by Gasteiger charge is -2.21. The number of ketones is 1. The second kappa shape index (κ2) is 10.3. The lowest BCUT2D eigenvalue weighted by molar-refractivity contribution is 0.0896. The quantitative estimate of drug-likeness (QED) is 0.231. The summed E-state index contributed by atoms with van der Waals surface area (Å²) < 4.78 is 19.5. The van der Waals surface area contributed by atoms with Crippen molar-refractivity contribution in [2.45, 2.75) is 12.1 Å². The van der Waals surface area contributed by atoms with Gasteiger partial charge in [0.05, 0.1) is 19.2 Å². The van der Waals surface area contributed by atoms with E-state index in [2.05, 4.69) is 31.4 Å². The largest absolute Gasteiger partial charge is 0.507 e. The average Bonchev–Trinajstić information content (AvgIpc) is 3.57. The lowest BCUT2D eigenvalue weighted by Crippen LogP contribution is -2.51.